The topological polar surface area (TPSA) is 120 Å². The molecule has 0 radical (unpaired) electrons. The van der Waals surface area contributed by atoms with Gasteiger partial charge in [0.15, 0.2) is 0 Å². The summed E-state index contributed by atoms with van der Waals surface area (Å²) in [6.07, 6.45) is 1.56. The molecule has 2 heterocycles. The van der Waals surface area contributed by atoms with E-state index in [0.29, 0.717) is 30.0 Å². The molecule has 1 atom stereocenters. The molecule has 0 aliphatic carbocycles. The molecule has 1 aliphatic rings. The van der Waals surface area contributed by atoms with Gasteiger partial charge < -0.3 is 4.90 Å². The molecule has 3 rings (SSSR count). The summed E-state index contributed by atoms with van der Waals surface area (Å²) in [5.74, 6) is 0.480. The van der Waals surface area contributed by atoms with Crippen LogP contribution in [-0.4, -0.2) is 28.3 Å². The van der Waals surface area contributed by atoms with Crippen LogP contribution in [0.25, 0.3) is 10.4 Å². The van der Waals surface area contributed by atoms with Gasteiger partial charge in [-0.25, -0.2) is 4.79 Å². The first-order chi connectivity index (χ1) is 13.0. The first-order valence-corrected chi connectivity index (χ1v) is 8.63. The molecule has 0 amide bonds. The second-order valence-electron chi connectivity index (χ2n) is 6.48. The van der Waals surface area contributed by atoms with Crippen molar-refractivity contribution < 1.29 is 0 Å². The Morgan fingerprint density at radius 1 is 1.37 bits per heavy atom. The van der Waals surface area contributed by atoms with E-state index in [4.69, 9.17) is 5.53 Å². The van der Waals surface area contributed by atoms with E-state index < -0.39 is 11.2 Å². The van der Waals surface area contributed by atoms with E-state index >= 15 is 0 Å². The number of hydrogen-bond acceptors (Lipinski definition) is 5. The van der Waals surface area contributed by atoms with E-state index in [1.807, 2.05) is 4.90 Å². The van der Waals surface area contributed by atoms with Crippen molar-refractivity contribution in [1.29, 1.82) is 5.26 Å². The predicted octanol–water partition coefficient (Wildman–Crippen LogP) is 1.75. The Bertz CT molecular complexity index is 1060. The van der Waals surface area contributed by atoms with Crippen LogP contribution < -0.4 is 16.1 Å². The summed E-state index contributed by atoms with van der Waals surface area (Å²) >= 11 is 0. The normalized spacial score (nSPS) is 16.4. The van der Waals surface area contributed by atoms with Crippen LogP contribution in [0.15, 0.2) is 45.0 Å². The fourth-order valence-corrected chi connectivity index (χ4v) is 3.34. The maximum atomic E-state index is 12.8. The molecule has 1 saturated heterocycles. The fourth-order valence-electron chi connectivity index (χ4n) is 3.34. The Balaban J connectivity index is 2.09. The highest BCUT2D eigenvalue weighted by atomic mass is 16.2. The van der Waals surface area contributed by atoms with Crippen LogP contribution in [-0.2, 0) is 13.6 Å². The van der Waals surface area contributed by atoms with E-state index in [1.165, 1.54) is 17.7 Å². The molecule has 1 fully saturated rings. The molecule has 0 bridgehead atoms. The minimum absolute atomic E-state index is 0.175. The number of rotatable bonds is 4. The van der Waals surface area contributed by atoms with Gasteiger partial charge in [-0.15, -0.1) is 0 Å². The summed E-state index contributed by atoms with van der Waals surface area (Å²) in [4.78, 5) is 29.8. The number of piperidine rings is 1. The first-order valence-electron chi connectivity index (χ1n) is 8.63. The van der Waals surface area contributed by atoms with Gasteiger partial charge in [0.25, 0.3) is 5.56 Å². The van der Waals surface area contributed by atoms with Crippen LogP contribution in [0.4, 0.5) is 5.82 Å². The lowest BCUT2D eigenvalue weighted by Gasteiger charge is -2.33. The van der Waals surface area contributed by atoms with Crippen molar-refractivity contribution in [3.63, 3.8) is 0 Å². The molecule has 1 aromatic heterocycles. The van der Waals surface area contributed by atoms with Crippen LogP contribution in [0.5, 0.6) is 0 Å². The van der Waals surface area contributed by atoms with Crippen molar-refractivity contribution in [2.24, 2.45) is 12.2 Å². The lowest BCUT2D eigenvalue weighted by Crippen LogP contribution is -2.45. The van der Waals surface area contributed by atoms with Gasteiger partial charge in [-0.05, 0) is 30.0 Å². The number of nitriles is 1. The van der Waals surface area contributed by atoms with Crippen molar-refractivity contribution in [3.05, 3.63) is 72.7 Å². The number of benzene rings is 1. The van der Waals surface area contributed by atoms with Crippen LogP contribution in [0, 0.1) is 11.3 Å². The Morgan fingerprint density at radius 2 is 2.15 bits per heavy atom. The van der Waals surface area contributed by atoms with E-state index in [-0.39, 0.29) is 12.6 Å². The molecule has 1 aromatic carbocycles. The van der Waals surface area contributed by atoms with Crippen molar-refractivity contribution in [2.75, 3.05) is 18.0 Å². The zero-order chi connectivity index (χ0) is 19.4. The summed E-state index contributed by atoms with van der Waals surface area (Å²) in [5.41, 5.74) is 9.04. The predicted molar refractivity (Wildman–Crippen MR) is 101 cm³/mol. The number of azide groups is 1. The van der Waals surface area contributed by atoms with Crippen molar-refractivity contribution in [3.8, 4) is 6.07 Å². The second-order valence-corrected chi connectivity index (χ2v) is 6.48. The van der Waals surface area contributed by atoms with Gasteiger partial charge in [-0.2, -0.15) is 5.26 Å². The Labute approximate surface area is 155 Å². The van der Waals surface area contributed by atoms with Gasteiger partial charge in [0, 0.05) is 31.1 Å². The lowest BCUT2D eigenvalue weighted by atomic mass is 10.1. The van der Waals surface area contributed by atoms with E-state index in [2.05, 4.69) is 16.1 Å². The van der Waals surface area contributed by atoms with Crippen molar-refractivity contribution in [1.82, 2.24) is 9.13 Å². The molecule has 0 saturated carbocycles. The smallest absolute Gasteiger partial charge is 0.332 e. The van der Waals surface area contributed by atoms with Crippen LogP contribution in [0.2, 0.25) is 0 Å². The summed E-state index contributed by atoms with van der Waals surface area (Å²) in [5, 5.41) is 13.1. The molecule has 138 valence electrons. The van der Waals surface area contributed by atoms with E-state index in [9.17, 15) is 14.9 Å². The molecule has 0 N–H and O–H groups in total. The Kier molecular flexibility index (Phi) is 5.29. The number of aromatic nitrogens is 2. The standard InChI is InChI=1S/C18H19N7O2/c1-23-17(26)9-16(24-8-4-7-15(12-24)21-22-20)25(18(23)27)11-14-6-3-2-5-13(14)10-19/h2-3,5-6,9,15H,4,7-8,11-12H2,1H3/t15-/m1/s1. The highest BCUT2D eigenvalue weighted by Gasteiger charge is 2.23. The van der Waals surface area contributed by atoms with Crippen LogP contribution in [0.3, 0.4) is 0 Å². The molecule has 9 nitrogen and oxygen atoms in total. The molecule has 0 spiro atoms. The average molecular weight is 365 g/mol. The second kappa shape index (κ2) is 7.81. The monoisotopic (exact) mass is 365 g/mol. The van der Waals surface area contributed by atoms with Gasteiger partial charge in [0.1, 0.15) is 5.82 Å². The molecule has 0 unspecified atom stereocenters. The zero-order valence-corrected chi connectivity index (χ0v) is 14.9. The van der Waals surface area contributed by atoms with Gasteiger partial charge in [-0.3, -0.25) is 13.9 Å². The third-order valence-corrected chi connectivity index (χ3v) is 4.78. The van der Waals surface area contributed by atoms with E-state index in [1.54, 1.807) is 24.3 Å². The number of anilines is 1. The Morgan fingerprint density at radius 3 is 2.89 bits per heavy atom. The molecule has 1 aliphatic heterocycles. The minimum atomic E-state index is -0.448. The zero-order valence-electron chi connectivity index (χ0n) is 14.9. The van der Waals surface area contributed by atoms with Crippen molar-refractivity contribution in [2.45, 2.75) is 25.4 Å². The number of hydrogen-bond donors (Lipinski definition) is 0. The van der Waals surface area contributed by atoms with Crippen LogP contribution >= 0.6 is 0 Å². The highest BCUT2D eigenvalue weighted by Crippen LogP contribution is 2.21. The minimum Gasteiger partial charge on any atom is -0.357 e. The Hall–Kier alpha value is -3.50. The van der Waals surface area contributed by atoms with Gasteiger partial charge >= 0.3 is 5.69 Å². The summed E-state index contributed by atoms with van der Waals surface area (Å²) in [6, 6.07) is 10.4. The highest BCUT2D eigenvalue weighted by molar-refractivity contribution is 5.42. The van der Waals surface area contributed by atoms with Crippen molar-refractivity contribution >= 4 is 5.82 Å². The van der Waals surface area contributed by atoms with Gasteiger partial charge in [0.05, 0.1) is 24.2 Å². The maximum absolute atomic E-state index is 12.8. The lowest BCUT2D eigenvalue weighted by molar-refractivity contribution is 0.490. The quantitative estimate of drug-likeness (QED) is 0.465. The molecular weight excluding hydrogens is 346 g/mol. The first kappa shape index (κ1) is 18.3. The fraction of sp³-hybridized carbons (Fsp3) is 0.389. The largest absolute Gasteiger partial charge is 0.357 e. The summed E-state index contributed by atoms with van der Waals surface area (Å²) in [6.45, 7) is 1.27. The van der Waals surface area contributed by atoms with Gasteiger partial charge in [0.2, 0.25) is 0 Å². The molecular formula is C18H19N7O2. The third-order valence-electron chi connectivity index (χ3n) is 4.78. The maximum Gasteiger partial charge on any atom is 0.332 e. The SMILES string of the molecule is Cn1c(=O)cc(N2CCC[C@@H](N=[N+]=[N-])C2)n(Cc2ccccc2C#N)c1=O. The molecule has 9 heteroatoms. The molecule has 2 aromatic rings. The van der Waals surface area contributed by atoms with E-state index in [0.717, 1.165) is 17.4 Å². The summed E-state index contributed by atoms with van der Waals surface area (Å²) in [7, 11) is 1.43. The number of nitrogens with zero attached hydrogens (tertiary/aromatic N) is 7. The third kappa shape index (κ3) is 3.71. The van der Waals surface area contributed by atoms with Gasteiger partial charge in [-0.1, -0.05) is 23.3 Å². The molecule has 27 heavy (non-hydrogen) atoms. The summed E-state index contributed by atoms with van der Waals surface area (Å²) < 4.78 is 2.55. The van der Waals surface area contributed by atoms with Crippen LogP contribution in [0.1, 0.15) is 24.0 Å². The average Bonchev–Trinajstić information content (AvgIpc) is 2.69.